The van der Waals surface area contributed by atoms with Gasteiger partial charge in [-0.25, -0.2) is 4.98 Å². The van der Waals surface area contributed by atoms with Crippen LogP contribution in [0.2, 0.25) is 0 Å². The number of anilines is 1. The molecule has 0 saturated carbocycles. The van der Waals surface area contributed by atoms with E-state index in [9.17, 15) is 14.9 Å². The van der Waals surface area contributed by atoms with E-state index in [0.29, 0.717) is 22.1 Å². The van der Waals surface area contributed by atoms with Crippen LogP contribution in [-0.2, 0) is 0 Å². The number of carbonyl (C=O) groups is 1. The molecule has 2 aromatic heterocycles. The van der Waals surface area contributed by atoms with Crippen LogP contribution in [0, 0.1) is 24.0 Å². The van der Waals surface area contributed by atoms with Gasteiger partial charge in [0.2, 0.25) is 0 Å². The molecule has 8 heteroatoms. The Kier molecular flexibility index (Phi) is 4.13. The van der Waals surface area contributed by atoms with E-state index in [1.807, 2.05) is 13.0 Å². The first-order valence-corrected chi connectivity index (χ1v) is 7.91. The van der Waals surface area contributed by atoms with Crippen molar-refractivity contribution in [1.29, 1.82) is 0 Å². The number of nitrogens with zero attached hydrogens (tertiary/aromatic N) is 2. The van der Waals surface area contributed by atoms with Crippen molar-refractivity contribution in [2.24, 2.45) is 0 Å². The number of hydrogen-bond acceptors (Lipinski definition) is 6. The minimum absolute atomic E-state index is 0.00518. The fourth-order valence-corrected chi connectivity index (χ4v) is 2.96. The molecule has 3 rings (SSSR count). The molecule has 122 valence electrons. The van der Waals surface area contributed by atoms with Crippen LogP contribution in [0.15, 0.2) is 40.1 Å². The van der Waals surface area contributed by atoms with E-state index < -0.39 is 10.8 Å². The molecular weight excluding hydrogens is 330 g/mol. The van der Waals surface area contributed by atoms with Gasteiger partial charge in [-0.1, -0.05) is 12.1 Å². The van der Waals surface area contributed by atoms with Crippen molar-refractivity contribution >= 4 is 28.1 Å². The van der Waals surface area contributed by atoms with Crippen LogP contribution in [0.1, 0.15) is 21.7 Å². The summed E-state index contributed by atoms with van der Waals surface area (Å²) in [6.45, 7) is 3.42. The number of aromatic nitrogens is 1. The van der Waals surface area contributed by atoms with E-state index in [-0.39, 0.29) is 11.3 Å². The lowest BCUT2D eigenvalue weighted by atomic mass is 10.1. The zero-order valence-electron chi connectivity index (χ0n) is 12.9. The molecule has 0 atom stereocenters. The fraction of sp³-hybridized carbons (Fsp3) is 0.125. The Hall–Kier alpha value is -3.00. The maximum absolute atomic E-state index is 12.4. The molecule has 7 nitrogen and oxygen atoms in total. The number of para-hydroxylation sites is 1. The SMILES string of the molecule is Cc1ccc(-c2csc(NC(=O)c3cccc(C)c3[N+](=O)[O-])n2)o1. The third-order valence-electron chi connectivity index (χ3n) is 3.38. The number of benzene rings is 1. The van der Waals surface area contributed by atoms with Crippen LogP contribution in [0.3, 0.4) is 0 Å². The summed E-state index contributed by atoms with van der Waals surface area (Å²) in [6, 6.07) is 8.24. The monoisotopic (exact) mass is 343 g/mol. The standard InChI is InChI=1S/C16H13N3O4S/c1-9-4-3-5-11(14(9)19(21)22)15(20)18-16-17-12(8-24-16)13-7-6-10(2)23-13/h3-8H,1-2H3,(H,17,18,20). The van der Waals surface area contributed by atoms with Gasteiger partial charge < -0.3 is 4.42 Å². The number of nitrogens with one attached hydrogen (secondary N) is 1. The van der Waals surface area contributed by atoms with Gasteiger partial charge in [0.15, 0.2) is 10.9 Å². The second-order valence-electron chi connectivity index (χ2n) is 5.13. The zero-order chi connectivity index (χ0) is 17.3. The average molecular weight is 343 g/mol. The first-order chi connectivity index (χ1) is 11.5. The van der Waals surface area contributed by atoms with E-state index >= 15 is 0 Å². The summed E-state index contributed by atoms with van der Waals surface area (Å²) >= 11 is 1.22. The maximum atomic E-state index is 12.4. The van der Waals surface area contributed by atoms with Gasteiger partial charge in [0.25, 0.3) is 11.6 Å². The van der Waals surface area contributed by atoms with Crippen LogP contribution in [0.5, 0.6) is 0 Å². The van der Waals surface area contributed by atoms with Crippen LogP contribution in [0.4, 0.5) is 10.8 Å². The molecule has 0 fully saturated rings. The van der Waals surface area contributed by atoms with Gasteiger partial charge in [0.1, 0.15) is 17.0 Å². The summed E-state index contributed by atoms with van der Waals surface area (Å²) in [6.07, 6.45) is 0. The number of amides is 1. The summed E-state index contributed by atoms with van der Waals surface area (Å²) in [4.78, 5) is 27.3. The molecule has 1 amide bonds. The Labute approximate surface area is 141 Å². The van der Waals surface area contributed by atoms with Crippen molar-refractivity contribution in [2.45, 2.75) is 13.8 Å². The maximum Gasteiger partial charge on any atom is 0.285 e. The molecule has 1 N–H and O–H groups in total. The van der Waals surface area contributed by atoms with E-state index in [2.05, 4.69) is 10.3 Å². The summed E-state index contributed by atoms with van der Waals surface area (Å²) < 4.78 is 5.48. The fourth-order valence-electron chi connectivity index (χ4n) is 2.27. The molecule has 3 aromatic rings. The Balaban J connectivity index is 1.85. The molecule has 0 aliphatic carbocycles. The van der Waals surface area contributed by atoms with Crippen LogP contribution in [-0.4, -0.2) is 15.8 Å². The van der Waals surface area contributed by atoms with E-state index in [4.69, 9.17) is 4.42 Å². The zero-order valence-corrected chi connectivity index (χ0v) is 13.7. The van der Waals surface area contributed by atoms with Crippen LogP contribution < -0.4 is 5.32 Å². The van der Waals surface area contributed by atoms with Gasteiger partial charge in [-0.3, -0.25) is 20.2 Å². The topological polar surface area (TPSA) is 98.3 Å². The lowest BCUT2D eigenvalue weighted by Crippen LogP contribution is -2.14. The molecule has 0 saturated heterocycles. The highest BCUT2D eigenvalue weighted by atomic mass is 32.1. The Morgan fingerprint density at radius 1 is 1.29 bits per heavy atom. The predicted molar refractivity (Wildman–Crippen MR) is 90.3 cm³/mol. The van der Waals surface area contributed by atoms with Crippen molar-refractivity contribution in [3.63, 3.8) is 0 Å². The van der Waals surface area contributed by atoms with Crippen molar-refractivity contribution < 1.29 is 14.1 Å². The number of thiazole rings is 1. The number of rotatable bonds is 4. The van der Waals surface area contributed by atoms with Crippen molar-refractivity contribution in [2.75, 3.05) is 5.32 Å². The molecule has 0 spiro atoms. The molecule has 0 unspecified atom stereocenters. The number of hydrogen-bond donors (Lipinski definition) is 1. The first-order valence-electron chi connectivity index (χ1n) is 7.03. The second kappa shape index (κ2) is 6.25. The van der Waals surface area contributed by atoms with Gasteiger partial charge >= 0.3 is 0 Å². The van der Waals surface area contributed by atoms with Gasteiger partial charge in [-0.05, 0) is 32.0 Å². The molecule has 0 bridgehead atoms. The smallest absolute Gasteiger partial charge is 0.285 e. The number of nitro groups is 1. The Bertz CT molecular complexity index is 929. The Morgan fingerprint density at radius 3 is 2.75 bits per heavy atom. The summed E-state index contributed by atoms with van der Waals surface area (Å²) in [5.41, 5.74) is 0.833. The van der Waals surface area contributed by atoms with E-state index in [1.54, 1.807) is 30.5 Å². The number of aryl methyl sites for hydroxylation is 2. The highest BCUT2D eigenvalue weighted by molar-refractivity contribution is 7.14. The normalized spacial score (nSPS) is 10.6. The van der Waals surface area contributed by atoms with Gasteiger partial charge in [-0.2, -0.15) is 0 Å². The molecule has 0 aliphatic rings. The minimum atomic E-state index is -0.568. The van der Waals surface area contributed by atoms with Gasteiger partial charge in [0.05, 0.1) is 4.92 Å². The van der Waals surface area contributed by atoms with E-state index in [0.717, 1.165) is 5.76 Å². The number of furan rings is 1. The third kappa shape index (κ3) is 3.04. The van der Waals surface area contributed by atoms with Crippen LogP contribution in [0.25, 0.3) is 11.5 Å². The summed E-state index contributed by atoms with van der Waals surface area (Å²) in [5, 5.41) is 15.9. The molecule has 1 aromatic carbocycles. The molecule has 2 heterocycles. The highest BCUT2D eigenvalue weighted by Crippen LogP contribution is 2.28. The molecule has 0 aliphatic heterocycles. The van der Waals surface area contributed by atoms with Gasteiger partial charge in [-0.15, -0.1) is 11.3 Å². The summed E-state index contributed by atoms with van der Waals surface area (Å²) in [7, 11) is 0. The molecule has 0 radical (unpaired) electrons. The quantitative estimate of drug-likeness (QED) is 0.566. The van der Waals surface area contributed by atoms with Crippen molar-refractivity contribution in [3.8, 4) is 11.5 Å². The highest BCUT2D eigenvalue weighted by Gasteiger charge is 2.23. The van der Waals surface area contributed by atoms with Crippen molar-refractivity contribution in [1.82, 2.24) is 4.98 Å². The second-order valence-corrected chi connectivity index (χ2v) is 5.99. The lowest BCUT2D eigenvalue weighted by molar-refractivity contribution is -0.385. The first kappa shape index (κ1) is 15.9. The minimum Gasteiger partial charge on any atom is -0.460 e. The predicted octanol–water partition coefficient (Wildman–Crippen LogP) is 4.18. The molecule has 24 heavy (non-hydrogen) atoms. The number of nitro benzene ring substituents is 1. The lowest BCUT2D eigenvalue weighted by Gasteiger charge is -2.04. The van der Waals surface area contributed by atoms with Crippen LogP contribution >= 0.6 is 11.3 Å². The third-order valence-corrected chi connectivity index (χ3v) is 4.14. The largest absolute Gasteiger partial charge is 0.460 e. The Morgan fingerprint density at radius 2 is 2.08 bits per heavy atom. The van der Waals surface area contributed by atoms with Crippen molar-refractivity contribution in [3.05, 3.63) is 62.7 Å². The molecular formula is C16H13N3O4S. The van der Waals surface area contributed by atoms with Gasteiger partial charge in [0, 0.05) is 10.9 Å². The average Bonchev–Trinajstić information content (AvgIpc) is 3.15. The summed E-state index contributed by atoms with van der Waals surface area (Å²) in [5.74, 6) is 0.798. The number of carbonyl (C=O) groups excluding carboxylic acids is 1. The van der Waals surface area contributed by atoms with E-state index in [1.165, 1.54) is 17.4 Å².